The van der Waals surface area contributed by atoms with E-state index in [1.807, 2.05) is 12.1 Å². The molecule has 2 rings (SSSR count). The second-order valence-electron chi connectivity index (χ2n) is 4.78. The SMILES string of the molecule is N#Cc1cc(Br)cc(N2CCCC(CCO)C2)c1. The maximum Gasteiger partial charge on any atom is 0.0992 e. The topological polar surface area (TPSA) is 47.3 Å². The van der Waals surface area contributed by atoms with Gasteiger partial charge in [0.15, 0.2) is 0 Å². The van der Waals surface area contributed by atoms with E-state index >= 15 is 0 Å². The largest absolute Gasteiger partial charge is 0.396 e. The van der Waals surface area contributed by atoms with Crippen molar-refractivity contribution in [2.75, 3.05) is 24.6 Å². The zero-order valence-electron chi connectivity index (χ0n) is 10.3. The minimum Gasteiger partial charge on any atom is -0.396 e. The van der Waals surface area contributed by atoms with Crippen LogP contribution in [0.1, 0.15) is 24.8 Å². The molecule has 1 aromatic rings. The van der Waals surface area contributed by atoms with Gasteiger partial charge in [-0.25, -0.2) is 0 Å². The molecule has 0 radical (unpaired) electrons. The zero-order chi connectivity index (χ0) is 13.0. The number of nitrogens with zero attached hydrogens (tertiary/aromatic N) is 2. The van der Waals surface area contributed by atoms with E-state index in [2.05, 4.69) is 33.0 Å². The number of rotatable bonds is 3. The summed E-state index contributed by atoms with van der Waals surface area (Å²) in [4.78, 5) is 2.31. The van der Waals surface area contributed by atoms with Crippen LogP contribution >= 0.6 is 15.9 Å². The lowest BCUT2D eigenvalue weighted by molar-refractivity contribution is 0.244. The highest BCUT2D eigenvalue weighted by molar-refractivity contribution is 9.10. The number of aliphatic hydroxyl groups is 1. The molecule has 1 N–H and O–H groups in total. The van der Waals surface area contributed by atoms with Crippen molar-refractivity contribution in [3.8, 4) is 6.07 Å². The summed E-state index contributed by atoms with van der Waals surface area (Å²) in [7, 11) is 0. The Morgan fingerprint density at radius 2 is 2.28 bits per heavy atom. The van der Waals surface area contributed by atoms with E-state index in [0.29, 0.717) is 11.5 Å². The van der Waals surface area contributed by atoms with E-state index in [1.165, 1.54) is 6.42 Å². The summed E-state index contributed by atoms with van der Waals surface area (Å²) >= 11 is 3.45. The highest BCUT2D eigenvalue weighted by atomic mass is 79.9. The lowest BCUT2D eigenvalue weighted by atomic mass is 9.94. The number of aliphatic hydroxyl groups excluding tert-OH is 1. The molecule has 0 spiro atoms. The molecule has 1 atom stereocenters. The molecule has 1 fully saturated rings. The molecule has 1 aromatic carbocycles. The lowest BCUT2D eigenvalue weighted by Crippen LogP contribution is -2.35. The molecule has 1 aliphatic rings. The summed E-state index contributed by atoms with van der Waals surface area (Å²) in [5.74, 6) is 0.563. The molecule has 0 aromatic heterocycles. The first-order valence-corrected chi connectivity index (χ1v) is 7.08. The van der Waals surface area contributed by atoms with Gasteiger partial charge in [0.2, 0.25) is 0 Å². The number of hydrogen-bond acceptors (Lipinski definition) is 3. The van der Waals surface area contributed by atoms with Crippen molar-refractivity contribution in [1.82, 2.24) is 0 Å². The highest BCUT2D eigenvalue weighted by Crippen LogP contribution is 2.28. The van der Waals surface area contributed by atoms with Crippen LogP contribution in [0.4, 0.5) is 5.69 Å². The molecule has 0 aliphatic carbocycles. The van der Waals surface area contributed by atoms with Gasteiger partial charge in [-0.3, -0.25) is 0 Å². The van der Waals surface area contributed by atoms with Gasteiger partial charge < -0.3 is 10.0 Å². The normalized spacial score (nSPS) is 19.6. The summed E-state index contributed by atoms with van der Waals surface area (Å²) < 4.78 is 0.945. The Morgan fingerprint density at radius 3 is 3.00 bits per heavy atom. The second kappa shape index (κ2) is 6.21. The van der Waals surface area contributed by atoms with Crippen LogP contribution in [0.3, 0.4) is 0 Å². The lowest BCUT2D eigenvalue weighted by Gasteiger charge is -2.34. The van der Waals surface area contributed by atoms with Crippen molar-refractivity contribution in [2.24, 2.45) is 5.92 Å². The van der Waals surface area contributed by atoms with Crippen LogP contribution in [-0.2, 0) is 0 Å². The number of piperidine rings is 1. The third-order valence-electron chi connectivity index (χ3n) is 3.43. The molecule has 1 aliphatic heterocycles. The van der Waals surface area contributed by atoms with Gasteiger partial charge in [0.05, 0.1) is 11.6 Å². The maximum atomic E-state index is 9.03. The predicted molar refractivity (Wildman–Crippen MR) is 75.5 cm³/mol. The van der Waals surface area contributed by atoms with Crippen molar-refractivity contribution in [1.29, 1.82) is 5.26 Å². The summed E-state index contributed by atoms with van der Waals surface area (Å²) in [6, 6.07) is 8.01. The Bertz CT molecular complexity index is 454. The van der Waals surface area contributed by atoms with Crippen molar-refractivity contribution < 1.29 is 5.11 Å². The quantitative estimate of drug-likeness (QED) is 0.934. The molecule has 96 valence electrons. The molecule has 0 amide bonds. The van der Waals surface area contributed by atoms with Crippen LogP contribution in [0.15, 0.2) is 22.7 Å². The van der Waals surface area contributed by atoms with E-state index in [1.54, 1.807) is 0 Å². The van der Waals surface area contributed by atoms with Gasteiger partial charge in [0.1, 0.15) is 0 Å². The maximum absolute atomic E-state index is 9.03. The highest BCUT2D eigenvalue weighted by Gasteiger charge is 2.20. The molecule has 1 unspecified atom stereocenters. The van der Waals surface area contributed by atoms with Gasteiger partial charge in [-0.05, 0) is 43.4 Å². The van der Waals surface area contributed by atoms with Crippen molar-refractivity contribution in [3.63, 3.8) is 0 Å². The monoisotopic (exact) mass is 308 g/mol. The van der Waals surface area contributed by atoms with Crippen molar-refractivity contribution in [3.05, 3.63) is 28.2 Å². The first-order valence-electron chi connectivity index (χ1n) is 6.29. The third-order valence-corrected chi connectivity index (χ3v) is 3.89. The number of anilines is 1. The van der Waals surface area contributed by atoms with E-state index in [4.69, 9.17) is 10.4 Å². The average Bonchev–Trinajstić information content (AvgIpc) is 2.39. The van der Waals surface area contributed by atoms with E-state index in [-0.39, 0.29) is 6.61 Å². The van der Waals surface area contributed by atoms with Crippen LogP contribution in [0.5, 0.6) is 0 Å². The van der Waals surface area contributed by atoms with Gasteiger partial charge >= 0.3 is 0 Å². The third kappa shape index (κ3) is 3.24. The fourth-order valence-corrected chi connectivity index (χ4v) is 3.02. The first kappa shape index (κ1) is 13.4. The minimum atomic E-state index is 0.264. The molecule has 4 heteroatoms. The van der Waals surface area contributed by atoms with Gasteiger partial charge in [-0.1, -0.05) is 15.9 Å². The van der Waals surface area contributed by atoms with Gasteiger partial charge in [0.25, 0.3) is 0 Å². The fourth-order valence-electron chi connectivity index (χ4n) is 2.54. The van der Waals surface area contributed by atoms with Crippen LogP contribution < -0.4 is 4.90 Å². The Kier molecular flexibility index (Phi) is 4.62. The molecule has 18 heavy (non-hydrogen) atoms. The summed E-state index contributed by atoms with van der Waals surface area (Å²) in [5, 5.41) is 18.0. The zero-order valence-corrected chi connectivity index (χ0v) is 11.9. The van der Waals surface area contributed by atoms with E-state index in [9.17, 15) is 0 Å². The summed E-state index contributed by atoms with van der Waals surface area (Å²) in [5.41, 5.74) is 1.78. The van der Waals surface area contributed by atoms with Gasteiger partial charge in [0, 0.05) is 29.9 Å². The smallest absolute Gasteiger partial charge is 0.0992 e. The van der Waals surface area contributed by atoms with Crippen LogP contribution in [0, 0.1) is 17.2 Å². The molecule has 1 heterocycles. The van der Waals surface area contributed by atoms with Gasteiger partial charge in [-0.15, -0.1) is 0 Å². The predicted octanol–water partition coefficient (Wildman–Crippen LogP) is 2.92. The molecular weight excluding hydrogens is 292 g/mol. The average molecular weight is 309 g/mol. The number of hydrogen-bond donors (Lipinski definition) is 1. The summed E-state index contributed by atoms with van der Waals surface area (Å²) in [6.07, 6.45) is 3.21. The minimum absolute atomic E-state index is 0.264. The molecule has 0 bridgehead atoms. The standard InChI is InChI=1S/C14H17BrN2O/c15-13-6-12(9-16)7-14(8-13)17-4-1-2-11(10-17)3-5-18/h6-8,11,18H,1-5,10H2. The van der Waals surface area contributed by atoms with Crippen molar-refractivity contribution in [2.45, 2.75) is 19.3 Å². The van der Waals surface area contributed by atoms with Crippen LogP contribution in [0.25, 0.3) is 0 Å². The number of benzene rings is 1. The van der Waals surface area contributed by atoms with Crippen molar-refractivity contribution >= 4 is 21.6 Å². The Labute approximate surface area is 116 Å². The Morgan fingerprint density at radius 1 is 1.44 bits per heavy atom. The Balaban J connectivity index is 2.15. The van der Waals surface area contributed by atoms with Crippen LogP contribution in [-0.4, -0.2) is 24.8 Å². The molecular formula is C14H17BrN2O. The molecule has 1 saturated heterocycles. The molecule has 0 saturated carbocycles. The van der Waals surface area contributed by atoms with E-state index < -0.39 is 0 Å². The number of nitriles is 1. The Hall–Kier alpha value is -1.05. The van der Waals surface area contributed by atoms with Crippen LogP contribution in [0.2, 0.25) is 0 Å². The number of halogens is 1. The first-order chi connectivity index (χ1) is 8.72. The molecule has 3 nitrogen and oxygen atoms in total. The fraction of sp³-hybridized carbons (Fsp3) is 0.500. The second-order valence-corrected chi connectivity index (χ2v) is 5.69. The van der Waals surface area contributed by atoms with Gasteiger partial charge in [-0.2, -0.15) is 5.26 Å². The van der Waals surface area contributed by atoms with E-state index in [0.717, 1.165) is 36.1 Å². The summed E-state index contributed by atoms with van der Waals surface area (Å²) in [6.45, 7) is 2.27.